The Bertz CT molecular complexity index is 1040. The topological polar surface area (TPSA) is 90.4 Å². The van der Waals surface area contributed by atoms with Gasteiger partial charge < -0.3 is 5.32 Å². The van der Waals surface area contributed by atoms with Crippen molar-refractivity contribution in [3.05, 3.63) is 32.3 Å². The van der Waals surface area contributed by atoms with E-state index in [2.05, 4.69) is 10.4 Å². The Morgan fingerprint density at radius 1 is 1.23 bits per heavy atom. The fourth-order valence-corrected chi connectivity index (χ4v) is 3.68. The zero-order chi connectivity index (χ0) is 18.7. The third-order valence-corrected chi connectivity index (χ3v) is 5.16. The molecule has 0 aliphatic heterocycles. The van der Waals surface area contributed by atoms with Crippen LogP contribution in [0.4, 0.5) is 0 Å². The van der Waals surface area contributed by atoms with Crippen molar-refractivity contribution in [3.63, 3.8) is 0 Å². The van der Waals surface area contributed by atoms with Crippen LogP contribution in [0.15, 0.2) is 21.0 Å². The average molecular weight is 377 g/mol. The smallest absolute Gasteiger partial charge is 0.352 e. The monoisotopic (exact) mass is 377 g/mol. The molecule has 0 aromatic carbocycles. The number of unbranched alkanes of at least 4 members (excludes halogenated alkanes) is 2. The lowest BCUT2D eigenvalue weighted by atomic mass is 10.3. The SMILES string of the molecule is CCCCNC(=O)Cn1nc2n(CCCC)c(=O)c3sccc3n2c1=O. The van der Waals surface area contributed by atoms with Gasteiger partial charge in [0.05, 0.1) is 5.52 Å². The summed E-state index contributed by atoms with van der Waals surface area (Å²) in [5.41, 5.74) is 0.00479. The Morgan fingerprint density at radius 3 is 2.73 bits per heavy atom. The van der Waals surface area contributed by atoms with Gasteiger partial charge in [0.2, 0.25) is 11.7 Å². The quantitative estimate of drug-likeness (QED) is 0.604. The molecule has 0 saturated heterocycles. The Morgan fingerprint density at radius 2 is 2.00 bits per heavy atom. The molecule has 3 heterocycles. The molecule has 3 aromatic rings. The molecule has 140 valence electrons. The first-order chi connectivity index (χ1) is 12.6. The predicted molar refractivity (Wildman–Crippen MR) is 102 cm³/mol. The summed E-state index contributed by atoms with van der Waals surface area (Å²) >= 11 is 1.31. The average Bonchev–Trinajstić information content (AvgIpc) is 3.21. The van der Waals surface area contributed by atoms with Gasteiger partial charge in [-0.1, -0.05) is 26.7 Å². The summed E-state index contributed by atoms with van der Waals surface area (Å²) in [6, 6.07) is 1.74. The third kappa shape index (κ3) is 3.31. The van der Waals surface area contributed by atoms with Crippen molar-refractivity contribution in [3.8, 4) is 0 Å². The van der Waals surface area contributed by atoms with Gasteiger partial charge in [0.1, 0.15) is 11.2 Å². The molecule has 0 unspecified atom stereocenters. The summed E-state index contributed by atoms with van der Waals surface area (Å²) < 4.78 is 4.63. The number of hydrogen-bond acceptors (Lipinski definition) is 5. The number of hydrogen-bond donors (Lipinski definition) is 1. The van der Waals surface area contributed by atoms with Crippen LogP contribution < -0.4 is 16.6 Å². The highest BCUT2D eigenvalue weighted by Gasteiger charge is 2.19. The normalized spacial score (nSPS) is 11.5. The molecule has 3 aromatic heterocycles. The van der Waals surface area contributed by atoms with Crippen LogP contribution in [-0.4, -0.2) is 31.2 Å². The Kier molecular flexibility index (Phi) is 5.55. The number of aromatic nitrogens is 4. The van der Waals surface area contributed by atoms with Gasteiger partial charge in [0, 0.05) is 13.1 Å². The van der Waals surface area contributed by atoms with Crippen LogP contribution in [0.3, 0.4) is 0 Å². The van der Waals surface area contributed by atoms with Gasteiger partial charge in [-0.3, -0.25) is 14.2 Å². The molecule has 9 heteroatoms. The second kappa shape index (κ2) is 7.86. The summed E-state index contributed by atoms with van der Waals surface area (Å²) in [5.74, 6) is 0.0358. The molecule has 0 bridgehead atoms. The van der Waals surface area contributed by atoms with Gasteiger partial charge >= 0.3 is 5.69 Å². The largest absolute Gasteiger partial charge is 0.354 e. The number of fused-ring (bicyclic) bond motifs is 3. The summed E-state index contributed by atoms with van der Waals surface area (Å²) in [4.78, 5) is 37.6. The maximum absolute atomic E-state index is 12.8. The molecule has 0 atom stereocenters. The van der Waals surface area contributed by atoms with Crippen molar-refractivity contribution in [2.24, 2.45) is 0 Å². The first-order valence-corrected chi connectivity index (χ1v) is 9.82. The van der Waals surface area contributed by atoms with E-state index in [1.165, 1.54) is 20.3 Å². The van der Waals surface area contributed by atoms with Crippen LogP contribution in [0.5, 0.6) is 0 Å². The van der Waals surface area contributed by atoms with E-state index in [9.17, 15) is 14.4 Å². The first kappa shape index (κ1) is 18.4. The molecule has 0 aliphatic carbocycles. The minimum atomic E-state index is -0.403. The summed E-state index contributed by atoms with van der Waals surface area (Å²) in [6.45, 7) is 4.99. The van der Waals surface area contributed by atoms with E-state index in [4.69, 9.17) is 0 Å². The van der Waals surface area contributed by atoms with Gasteiger partial charge in [-0.15, -0.1) is 16.4 Å². The minimum Gasteiger partial charge on any atom is -0.354 e. The lowest BCUT2D eigenvalue weighted by Gasteiger charge is -2.06. The zero-order valence-corrected chi connectivity index (χ0v) is 15.8. The van der Waals surface area contributed by atoms with E-state index < -0.39 is 5.69 Å². The summed E-state index contributed by atoms with van der Waals surface area (Å²) in [5, 5.41) is 8.87. The van der Waals surface area contributed by atoms with E-state index in [-0.39, 0.29) is 18.0 Å². The fraction of sp³-hybridized carbons (Fsp3) is 0.529. The molecule has 1 N–H and O–H groups in total. The van der Waals surface area contributed by atoms with E-state index in [0.29, 0.717) is 29.1 Å². The highest BCUT2D eigenvalue weighted by Crippen LogP contribution is 2.17. The number of rotatable bonds is 8. The molecular formula is C17H23N5O3S. The number of aryl methyl sites for hydroxylation is 1. The standard InChI is InChI=1S/C17H23N5O3S/c1-3-5-8-18-13(23)11-21-17(25)22-12-7-10-26-14(12)15(24)20(9-6-4-2)16(22)19-21/h7,10H,3-6,8-9,11H2,1-2H3,(H,18,23). The number of thiophene rings is 1. The Labute approximate surface area is 154 Å². The second-order valence-corrected chi connectivity index (χ2v) is 7.14. The van der Waals surface area contributed by atoms with E-state index in [1.807, 2.05) is 13.8 Å². The number of nitrogens with one attached hydrogen (secondary N) is 1. The zero-order valence-electron chi connectivity index (χ0n) is 15.0. The molecule has 1 amide bonds. The molecule has 3 rings (SSSR count). The second-order valence-electron chi connectivity index (χ2n) is 6.22. The van der Waals surface area contributed by atoms with Crippen LogP contribution in [0.2, 0.25) is 0 Å². The van der Waals surface area contributed by atoms with Crippen LogP contribution in [0, 0.1) is 0 Å². The van der Waals surface area contributed by atoms with Gasteiger partial charge in [-0.2, -0.15) is 0 Å². The highest BCUT2D eigenvalue weighted by atomic mass is 32.1. The van der Waals surface area contributed by atoms with Crippen molar-refractivity contribution >= 4 is 33.2 Å². The minimum absolute atomic E-state index is 0.138. The summed E-state index contributed by atoms with van der Waals surface area (Å²) in [6.07, 6.45) is 3.60. The molecular weight excluding hydrogens is 354 g/mol. The van der Waals surface area contributed by atoms with Gasteiger partial charge in [-0.25, -0.2) is 13.9 Å². The summed E-state index contributed by atoms with van der Waals surface area (Å²) in [7, 11) is 0. The molecule has 26 heavy (non-hydrogen) atoms. The number of amides is 1. The molecule has 0 aliphatic rings. The molecule has 0 spiro atoms. The lowest BCUT2D eigenvalue weighted by Crippen LogP contribution is -2.33. The lowest BCUT2D eigenvalue weighted by molar-refractivity contribution is -0.121. The fourth-order valence-electron chi connectivity index (χ4n) is 2.85. The Hall–Kier alpha value is -2.42. The van der Waals surface area contributed by atoms with E-state index in [1.54, 1.807) is 11.4 Å². The predicted octanol–water partition coefficient (Wildman–Crippen LogP) is 1.59. The molecule has 0 radical (unpaired) electrons. The molecule has 0 saturated carbocycles. The number of carbonyl (C=O) groups excluding carboxylic acids is 1. The highest BCUT2D eigenvalue weighted by molar-refractivity contribution is 7.17. The van der Waals surface area contributed by atoms with Gasteiger partial charge in [-0.05, 0) is 24.3 Å². The van der Waals surface area contributed by atoms with Crippen LogP contribution in [0.1, 0.15) is 39.5 Å². The number of nitrogens with zero attached hydrogens (tertiary/aromatic N) is 4. The van der Waals surface area contributed by atoms with Crippen molar-refractivity contribution in [2.45, 2.75) is 52.6 Å². The van der Waals surface area contributed by atoms with Crippen molar-refractivity contribution < 1.29 is 4.79 Å². The van der Waals surface area contributed by atoms with Crippen molar-refractivity contribution in [1.29, 1.82) is 0 Å². The third-order valence-electron chi connectivity index (χ3n) is 4.27. The maximum Gasteiger partial charge on any atom is 0.352 e. The van der Waals surface area contributed by atoms with Gasteiger partial charge in [0.25, 0.3) is 5.56 Å². The van der Waals surface area contributed by atoms with Crippen LogP contribution in [0.25, 0.3) is 16.0 Å². The molecule has 0 fully saturated rings. The van der Waals surface area contributed by atoms with E-state index in [0.717, 1.165) is 30.4 Å². The van der Waals surface area contributed by atoms with E-state index >= 15 is 0 Å². The van der Waals surface area contributed by atoms with Crippen LogP contribution in [-0.2, 0) is 17.9 Å². The molecule has 8 nitrogen and oxygen atoms in total. The maximum atomic E-state index is 12.8. The Balaban J connectivity index is 2.07. The first-order valence-electron chi connectivity index (χ1n) is 8.94. The van der Waals surface area contributed by atoms with Crippen LogP contribution >= 0.6 is 11.3 Å². The van der Waals surface area contributed by atoms with Crippen molar-refractivity contribution in [2.75, 3.05) is 6.54 Å². The van der Waals surface area contributed by atoms with Gasteiger partial charge in [0.15, 0.2) is 0 Å². The van der Waals surface area contributed by atoms with Crippen molar-refractivity contribution in [1.82, 2.24) is 24.1 Å². The number of carbonyl (C=O) groups is 1.